The second kappa shape index (κ2) is 6.27. The van der Waals surface area contributed by atoms with E-state index in [-0.39, 0.29) is 17.0 Å². The number of carbonyl (C=O) groups excluding carboxylic acids is 2. The van der Waals surface area contributed by atoms with Crippen LogP contribution >= 0.6 is 0 Å². The van der Waals surface area contributed by atoms with Gasteiger partial charge in [-0.25, -0.2) is 0 Å². The van der Waals surface area contributed by atoms with Crippen LogP contribution in [0.15, 0.2) is 48.5 Å². The molecule has 2 heteroatoms. The molecule has 0 spiro atoms. The molecule has 0 fully saturated rings. The maximum atomic E-state index is 11.4. The number of rotatable bonds is 5. The molecule has 0 aliphatic carbocycles. The van der Waals surface area contributed by atoms with Crippen LogP contribution in [0, 0.1) is 0 Å². The van der Waals surface area contributed by atoms with E-state index in [0.29, 0.717) is 0 Å². The molecule has 0 amide bonds. The van der Waals surface area contributed by atoms with Crippen LogP contribution in [0.1, 0.15) is 66.0 Å². The second-order valence-electron chi connectivity index (χ2n) is 5.95. The van der Waals surface area contributed by atoms with Crippen molar-refractivity contribution in [2.45, 2.75) is 39.5 Å². The van der Waals surface area contributed by atoms with Gasteiger partial charge in [-0.2, -0.15) is 0 Å². The maximum absolute atomic E-state index is 11.4. The number of ketones is 2. The van der Waals surface area contributed by atoms with Crippen LogP contribution < -0.4 is 0 Å². The van der Waals surface area contributed by atoms with Crippen molar-refractivity contribution in [2.24, 2.45) is 0 Å². The van der Waals surface area contributed by atoms with Crippen molar-refractivity contribution in [1.29, 1.82) is 0 Å². The zero-order valence-electron chi connectivity index (χ0n) is 13.6. The highest BCUT2D eigenvalue weighted by Crippen LogP contribution is 2.35. The Morgan fingerprint density at radius 2 is 1.09 bits per heavy atom. The van der Waals surface area contributed by atoms with Crippen LogP contribution in [-0.2, 0) is 5.41 Å². The quantitative estimate of drug-likeness (QED) is 0.742. The van der Waals surface area contributed by atoms with Gasteiger partial charge in [-0.15, -0.1) is 0 Å². The van der Waals surface area contributed by atoms with E-state index in [1.54, 1.807) is 13.8 Å². The first-order chi connectivity index (χ1) is 10.4. The number of Topliss-reactive ketones (excluding diaryl/α,β-unsaturated/α-hetero) is 2. The Balaban J connectivity index is 2.42. The molecule has 0 saturated carbocycles. The Morgan fingerprint density at radius 1 is 0.773 bits per heavy atom. The molecule has 0 saturated heterocycles. The predicted octanol–water partition coefficient (Wildman–Crippen LogP) is 4.81. The number of carbonyl (C=O) groups is 2. The second-order valence-corrected chi connectivity index (χ2v) is 5.95. The number of hydrogen-bond acceptors (Lipinski definition) is 2. The minimum Gasteiger partial charge on any atom is -0.295 e. The molecule has 0 unspecified atom stereocenters. The summed E-state index contributed by atoms with van der Waals surface area (Å²) in [5.41, 5.74) is 3.68. The van der Waals surface area contributed by atoms with E-state index < -0.39 is 0 Å². The summed E-state index contributed by atoms with van der Waals surface area (Å²) in [5, 5.41) is 0. The standard InChI is InChI=1S/C20H22O2/c1-5-20(4,18-10-6-16(7-11-18)14(2)21)19-12-8-17(9-13-19)15(3)22/h6-13H,5H2,1-4H3. The first-order valence-corrected chi connectivity index (χ1v) is 7.61. The lowest BCUT2D eigenvalue weighted by atomic mass is 9.74. The Morgan fingerprint density at radius 3 is 1.32 bits per heavy atom. The first kappa shape index (κ1) is 16.2. The highest BCUT2D eigenvalue weighted by atomic mass is 16.1. The molecule has 2 nitrogen and oxygen atoms in total. The first-order valence-electron chi connectivity index (χ1n) is 7.61. The van der Waals surface area contributed by atoms with E-state index in [1.165, 1.54) is 11.1 Å². The van der Waals surface area contributed by atoms with Crippen LogP contribution in [0.4, 0.5) is 0 Å². The zero-order chi connectivity index (χ0) is 16.3. The Hall–Kier alpha value is -2.22. The lowest BCUT2D eigenvalue weighted by Gasteiger charge is -2.30. The van der Waals surface area contributed by atoms with Crippen molar-refractivity contribution in [3.05, 3.63) is 70.8 Å². The summed E-state index contributed by atoms with van der Waals surface area (Å²) in [6, 6.07) is 15.6. The lowest BCUT2D eigenvalue weighted by Crippen LogP contribution is -2.22. The fourth-order valence-electron chi connectivity index (χ4n) is 2.72. The van der Waals surface area contributed by atoms with Crippen molar-refractivity contribution in [3.63, 3.8) is 0 Å². The van der Waals surface area contributed by atoms with Gasteiger partial charge >= 0.3 is 0 Å². The van der Waals surface area contributed by atoms with Crippen LogP contribution in [0.2, 0.25) is 0 Å². The van der Waals surface area contributed by atoms with Gasteiger partial charge in [0, 0.05) is 16.5 Å². The SMILES string of the molecule is CCC(C)(c1ccc(C(C)=O)cc1)c1ccc(C(C)=O)cc1. The third-order valence-corrected chi connectivity index (χ3v) is 4.56. The molecule has 0 N–H and O–H groups in total. The van der Waals surface area contributed by atoms with E-state index in [1.807, 2.05) is 48.5 Å². The molecule has 2 rings (SSSR count). The normalized spacial score (nSPS) is 11.3. The topological polar surface area (TPSA) is 34.1 Å². The molecule has 0 aromatic heterocycles. The minimum absolute atomic E-state index is 0.0792. The van der Waals surface area contributed by atoms with Gasteiger partial charge in [0.05, 0.1) is 0 Å². The summed E-state index contributed by atoms with van der Waals surface area (Å²) in [6.45, 7) is 7.50. The van der Waals surface area contributed by atoms with Crippen LogP contribution in [0.25, 0.3) is 0 Å². The van der Waals surface area contributed by atoms with Crippen LogP contribution in [0.5, 0.6) is 0 Å². The Bertz CT molecular complexity index is 621. The molecular weight excluding hydrogens is 272 g/mol. The largest absolute Gasteiger partial charge is 0.295 e. The Kier molecular flexibility index (Phi) is 4.60. The number of benzene rings is 2. The summed E-state index contributed by atoms with van der Waals surface area (Å²) in [7, 11) is 0. The average Bonchev–Trinajstić information content (AvgIpc) is 2.54. The average molecular weight is 294 g/mol. The van der Waals surface area contributed by atoms with Gasteiger partial charge in [0.15, 0.2) is 11.6 Å². The van der Waals surface area contributed by atoms with Gasteiger partial charge in [-0.05, 0) is 31.4 Å². The van der Waals surface area contributed by atoms with Gasteiger partial charge in [-0.1, -0.05) is 62.4 Å². The predicted molar refractivity (Wildman–Crippen MR) is 89.6 cm³/mol. The molecule has 114 valence electrons. The molecule has 0 aliphatic rings. The van der Waals surface area contributed by atoms with E-state index in [0.717, 1.165) is 17.5 Å². The minimum atomic E-state index is -0.134. The van der Waals surface area contributed by atoms with E-state index >= 15 is 0 Å². The fraction of sp³-hybridized carbons (Fsp3) is 0.300. The highest BCUT2D eigenvalue weighted by Gasteiger charge is 2.27. The van der Waals surface area contributed by atoms with Crippen LogP contribution in [-0.4, -0.2) is 11.6 Å². The van der Waals surface area contributed by atoms with Gasteiger partial charge in [0.25, 0.3) is 0 Å². The van der Waals surface area contributed by atoms with E-state index in [9.17, 15) is 9.59 Å². The van der Waals surface area contributed by atoms with Crippen molar-refractivity contribution in [1.82, 2.24) is 0 Å². The monoisotopic (exact) mass is 294 g/mol. The Labute approximate surface area is 132 Å². The molecule has 2 aromatic carbocycles. The number of hydrogen-bond donors (Lipinski definition) is 0. The zero-order valence-corrected chi connectivity index (χ0v) is 13.6. The highest BCUT2D eigenvalue weighted by molar-refractivity contribution is 5.94. The molecular formula is C20H22O2. The molecule has 0 bridgehead atoms. The van der Waals surface area contributed by atoms with E-state index in [4.69, 9.17) is 0 Å². The van der Waals surface area contributed by atoms with Crippen molar-refractivity contribution >= 4 is 11.6 Å². The molecule has 2 aromatic rings. The van der Waals surface area contributed by atoms with Gasteiger partial charge in [0.2, 0.25) is 0 Å². The summed E-state index contributed by atoms with van der Waals surface area (Å²) >= 11 is 0. The van der Waals surface area contributed by atoms with E-state index in [2.05, 4.69) is 13.8 Å². The van der Waals surface area contributed by atoms with Crippen molar-refractivity contribution < 1.29 is 9.59 Å². The maximum Gasteiger partial charge on any atom is 0.159 e. The molecule has 0 radical (unpaired) electrons. The summed E-state index contributed by atoms with van der Waals surface area (Å²) in [4.78, 5) is 22.8. The summed E-state index contributed by atoms with van der Waals surface area (Å²) < 4.78 is 0. The molecule has 0 heterocycles. The summed E-state index contributed by atoms with van der Waals surface area (Å²) in [6.07, 6.45) is 0.936. The molecule has 0 aliphatic heterocycles. The lowest BCUT2D eigenvalue weighted by molar-refractivity contribution is 0.100. The van der Waals surface area contributed by atoms with Crippen molar-refractivity contribution in [3.8, 4) is 0 Å². The summed E-state index contributed by atoms with van der Waals surface area (Å²) in [5.74, 6) is 0.158. The molecule has 0 atom stereocenters. The van der Waals surface area contributed by atoms with Crippen LogP contribution in [0.3, 0.4) is 0 Å². The third-order valence-electron chi connectivity index (χ3n) is 4.56. The third kappa shape index (κ3) is 3.01. The van der Waals surface area contributed by atoms with Crippen molar-refractivity contribution in [2.75, 3.05) is 0 Å². The molecule has 22 heavy (non-hydrogen) atoms. The smallest absolute Gasteiger partial charge is 0.159 e. The fourth-order valence-corrected chi connectivity index (χ4v) is 2.72. The van der Waals surface area contributed by atoms with Gasteiger partial charge in [-0.3, -0.25) is 9.59 Å². The van der Waals surface area contributed by atoms with Gasteiger partial charge in [0.1, 0.15) is 0 Å². The van der Waals surface area contributed by atoms with Gasteiger partial charge < -0.3 is 0 Å².